The third-order valence-corrected chi connectivity index (χ3v) is 28.7. The average Bonchev–Trinajstić information content (AvgIpc) is 1.58. The minimum atomic E-state index is -1.44. The Balaban J connectivity index is 0.000000365. The minimum Gasteiger partial charge on any atom is -0.458 e. The fourth-order valence-electron chi connectivity index (χ4n) is 21.1. The first-order valence-electron chi connectivity index (χ1n) is 47.4. The monoisotopic (exact) mass is 1940 g/mol. The molecular weight excluding hydrogens is 1790 g/mol. The molecule has 12 rings (SSSR count). The van der Waals surface area contributed by atoms with Crippen molar-refractivity contribution in [2.75, 3.05) is 80.1 Å². The zero-order chi connectivity index (χ0) is 97.9. The molecule has 0 radical (unpaired) electrons. The lowest BCUT2D eigenvalue weighted by atomic mass is 9.73. The number of ether oxygens (including phenoxy) is 12. The first-order chi connectivity index (χ1) is 63.4. The van der Waals surface area contributed by atoms with Crippen LogP contribution < -0.4 is 33.4 Å². The number of amides is 2. The third kappa shape index (κ3) is 25.8. The summed E-state index contributed by atoms with van der Waals surface area (Å²) in [6.45, 7) is 30.0. The molecule has 27 atom stereocenters. The molecule has 17 N–H and O–H groups in total. The number of cyclic esters (lactones) is 2. The van der Waals surface area contributed by atoms with Gasteiger partial charge in [-0.25, -0.2) is 19.2 Å². The van der Waals surface area contributed by atoms with Crippen LogP contribution in [0.5, 0.6) is 0 Å². The molecule has 0 spiro atoms. The van der Waals surface area contributed by atoms with Crippen molar-refractivity contribution in [2.24, 2.45) is 47.3 Å². The van der Waals surface area contributed by atoms with Gasteiger partial charge in [-0.2, -0.15) is 0 Å². The van der Waals surface area contributed by atoms with Gasteiger partial charge in [-0.05, 0) is 196 Å². The molecule has 38 nitrogen and oxygen atoms in total. The highest BCUT2D eigenvalue weighted by molar-refractivity contribution is 6.00. The number of likely N-dealkylation sites (N-methyl/N-ethyl adjacent to an activating group) is 2. The lowest BCUT2D eigenvalue weighted by Gasteiger charge is -2.48. The van der Waals surface area contributed by atoms with Crippen LogP contribution in [-0.2, 0) is 80.8 Å². The summed E-state index contributed by atoms with van der Waals surface area (Å²) in [5.74, 6) is -10.6. The Morgan fingerprint density at radius 1 is 0.493 bits per heavy atom. The molecule has 0 aromatic heterocycles. The predicted molar refractivity (Wildman–Crippen MR) is 516 cm³/mol. The van der Waals surface area contributed by atoms with E-state index in [9.17, 15) is 48.3 Å². The maximum atomic E-state index is 15.0. The number of nitrogens with zero attached hydrogens (tertiary/aromatic N) is 6. The third-order valence-electron chi connectivity index (χ3n) is 28.7. The summed E-state index contributed by atoms with van der Waals surface area (Å²) in [5, 5.41) is 16.0. The van der Waals surface area contributed by atoms with Crippen LogP contribution in [0.15, 0.2) is 122 Å². The number of nitrogens with two attached hydrogens (primary N) is 2. The summed E-state index contributed by atoms with van der Waals surface area (Å²) >= 11 is 0. The molecular formula is C100H154N12O26. The van der Waals surface area contributed by atoms with Gasteiger partial charge in [0.1, 0.15) is 29.7 Å². The lowest BCUT2D eigenvalue weighted by molar-refractivity contribution is -0.300. The summed E-state index contributed by atoms with van der Waals surface area (Å²) < 4.78 is 76.8. The van der Waals surface area contributed by atoms with Crippen molar-refractivity contribution in [3.63, 3.8) is 0 Å². The van der Waals surface area contributed by atoms with Crippen LogP contribution in [-0.4, -0.2) is 293 Å². The fraction of sp³-hybridized carbons (Fsp3) is 0.630. The number of hydrogen-bond acceptors (Lipinski definition) is 32. The van der Waals surface area contributed by atoms with Gasteiger partial charge in [0.15, 0.2) is 41.8 Å². The Hall–Kier alpha value is -10.0. The second-order valence-corrected chi connectivity index (χ2v) is 39.1. The van der Waals surface area contributed by atoms with Gasteiger partial charge in [-0.3, -0.25) is 34.0 Å². The molecule has 4 aromatic carbocycles. The molecule has 138 heavy (non-hydrogen) atoms. The predicted octanol–water partition coefficient (Wildman–Crippen LogP) is 7.97. The Morgan fingerprint density at radius 2 is 0.870 bits per heavy atom. The number of carbonyl (C=O) groups excluding carboxylic acids is 9. The van der Waals surface area contributed by atoms with Gasteiger partial charge < -0.3 is 126 Å². The second kappa shape index (κ2) is 49.4. The topological polar surface area (TPSA) is 530 Å². The van der Waals surface area contributed by atoms with Crippen LogP contribution in [0.4, 0.5) is 21.0 Å². The number of ketones is 3. The number of aliphatic hydroxyl groups excluding tert-OH is 1. The number of hydrazine groups is 4. The smallest absolute Gasteiger partial charge is 0.410 e. The zero-order valence-corrected chi connectivity index (χ0v) is 84.1. The van der Waals surface area contributed by atoms with Gasteiger partial charge in [-0.1, -0.05) is 116 Å². The highest BCUT2D eigenvalue weighted by Gasteiger charge is 2.63. The number of hydrogen-bond donors (Lipinski definition) is 7. The van der Waals surface area contributed by atoms with E-state index in [2.05, 4.69) is 21.9 Å². The molecule has 38 heteroatoms. The molecule has 770 valence electrons. The number of esters is 4. The molecule has 0 saturated carbocycles. The standard InChI is InChI=1S/C50H74N6O11.C50H72N6O11.4H2O/c2*1-12-39-50(8)43(56(48(61)67-50)24-17-16-23-55-28-37(52-53-55)35-21-18-22-36(51)26-35)31(4)40(57)29(2)27-49(7,62-11)44(32(5)41(58)33(6)45(59)64-39)66-47-42(38(54(9)10)25-30(3)63-47)65-46(60)34-19-14-13-15-20-34;;;;/h13-15,18-22,26,28-33,38-39,41-44,47,52-53,58H,12,16-17,23-25,27,51H2,1-11H3;13-15,18-22,26,28-33,38-39,42-44,47,52-53H,12,16-17,23-25,27,51H2,1-11H3;4*1H2/t29-,30-,31+,32+,33-,38+,39-,41+,42-,43?,44-,47?,49+,50-;29-,30-,31+,32+,33-,38+,39-,42-,43?,44-,47?,49+,50-;;;;/m11..../s1. The SMILES string of the molecule is CC[C@H]1OC(=O)[C@H](C)C(=O)[C@H](C)[C@@H](OC2O[C@H](C)C[C@H](N(C)C)[C@H]2OC(=O)c2ccccc2)[C@@](C)(OC)C[C@@H](C)C(=O)[C@H](C)C2N(CCCCN3C=C(c4cccc(N)c4)NN3)C(=O)O[C@@]21C.CC[C@H]1OC(=O)[C@H](C)[C@@H](O)[C@H](C)[C@@H](OC2O[C@H](C)C[C@H](N(C)C)[C@H]2OC(=O)c2ccccc2)[C@@](C)(OC)C[C@@H](C)C(=O)[C@H](C)C2N(CCCCN3C=C(c4cccc(N)c4)NN3)C(=O)O[C@@]21C.O.O.O.O. The quantitative estimate of drug-likeness (QED) is 0.0103. The molecule has 8 aliphatic heterocycles. The normalized spacial score (nSPS) is 33.7. The maximum absolute atomic E-state index is 15.0. The fourth-order valence-corrected chi connectivity index (χ4v) is 21.1. The van der Waals surface area contributed by atoms with Gasteiger partial charge >= 0.3 is 36.1 Å². The van der Waals surface area contributed by atoms with E-state index in [1.807, 2.05) is 157 Å². The molecule has 8 aliphatic rings. The maximum Gasteiger partial charge on any atom is 0.410 e. The number of aliphatic hydroxyl groups is 1. The summed E-state index contributed by atoms with van der Waals surface area (Å²) in [7, 11) is 10.6. The van der Waals surface area contributed by atoms with Crippen LogP contribution in [0.2, 0.25) is 0 Å². The number of methoxy groups -OCH3 is 2. The van der Waals surface area contributed by atoms with Crippen LogP contribution >= 0.6 is 0 Å². The van der Waals surface area contributed by atoms with Gasteiger partial charge in [0, 0.05) is 111 Å². The van der Waals surface area contributed by atoms with E-state index in [4.69, 9.17) is 68.3 Å². The summed E-state index contributed by atoms with van der Waals surface area (Å²) in [6.07, 6.45) is -3.31. The number of nitrogen functional groups attached to an aromatic ring is 2. The number of Topliss-reactive ketones (excluding diaryl/α,β-unsaturated/α-hetero) is 3. The number of unbranched alkanes of at least 4 members (excludes halogenated alkanes) is 2. The van der Waals surface area contributed by atoms with Crippen LogP contribution in [0.25, 0.3) is 11.4 Å². The minimum absolute atomic E-state index is 0. The van der Waals surface area contributed by atoms with Crippen molar-refractivity contribution in [2.45, 2.75) is 289 Å². The molecule has 2 amide bonds. The molecule has 0 bridgehead atoms. The van der Waals surface area contributed by atoms with Crippen molar-refractivity contribution in [1.82, 2.24) is 51.5 Å². The van der Waals surface area contributed by atoms with E-state index in [-0.39, 0.29) is 96.5 Å². The van der Waals surface area contributed by atoms with Gasteiger partial charge in [0.2, 0.25) is 0 Å². The number of fused-ring (bicyclic) bond motifs is 2. The molecule has 4 unspecified atom stereocenters. The van der Waals surface area contributed by atoms with E-state index in [0.29, 0.717) is 74.1 Å². The lowest BCUT2D eigenvalue weighted by Crippen LogP contribution is -2.61. The first-order valence-corrected chi connectivity index (χ1v) is 47.4. The molecule has 6 saturated heterocycles. The van der Waals surface area contributed by atoms with Gasteiger partial charge in [-0.15, -0.1) is 11.1 Å². The summed E-state index contributed by atoms with van der Waals surface area (Å²) in [5.41, 5.74) is 24.8. The number of carbonyl (C=O) groups is 9. The van der Waals surface area contributed by atoms with Crippen molar-refractivity contribution >= 4 is 76.2 Å². The van der Waals surface area contributed by atoms with E-state index in [1.54, 1.807) is 127 Å². The van der Waals surface area contributed by atoms with Gasteiger partial charge in [0.25, 0.3) is 0 Å². The van der Waals surface area contributed by atoms with E-state index in [0.717, 1.165) is 22.5 Å². The molecule has 6 fully saturated rings. The highest BCUT2D eigenvalue weighted by Crippen LogP contribution is 2.48. The summed E-state index contributed by atoms with van der Waals surface area (Å²) in [4.78, 5) is 136. The van der Waals surface area contributed by atoms with Crippen molar-refractivity contribution < 1.29 is 127 Å². The number of nitrogens with one attached hydrogen (secondary N) is 4. The Kier molecular flexibility index (Phi) is 41.2. The van der Waals surface area contributed by atoms with E-state index in [1.165, 1.54) is 21.1 Å². The van der Waals surface area contributed by atoms with Crippen LogP contribution in [0.1, 0.15) is 207 Å². The molecule has 0 aliphatic carbocycles. The van der Waals surface area contributed by atoms with Crippen LogP contribution in [0, 0.1) is 47.3 Å². The van der Waals surface area contributed by atoms with Crippen LogP contribution in [0.3, 0.4) is 0 Å². The first kappa shape index (κ1) is 115. The number of rotatable bonds is 26. The molecule has 8 heterocycles. The second-order valence-electron chi connectivity index (χ2n) is 39.1. The molecule has 4 aromatic rings. The van der Waals surface area contributed by atoms with Crippen molar-refractivity contribution in [3.8, 4) is 0 Å². The number of anilines is 2. The Bertz CT molecular complexity index is 4790. The highest BCUT2D eigenvalue weighted by atomic mass is 16.7. The largest absolute Gasteiger partial charge is 0.458 e. The van der Waals surface area contributed by atoms with Gasteiger partial charge in [0.05, 0.1) is 94.3 Å². The van der Waals surface area contributed by atoms with E-state index >= 15 is 0 Å². The van der Waals surface area contributed by atoms with Crippen molar-refractivity contribution in [1.29, 1.82) is 0 Å². The number of benzene rings is 4. The Morgan fingerprint density at radius 3 is 1.25 bits per heavy atom. The zero-order valence-electron chi connectivity index (χ0n) is 84.1. The van der Waals surface area contributed by atoms with Crippen molar-refractivity contribution in [3.05, 3.63) is 144 Å². The summed E-state index contributed by atoms with van der Waals surface area (Å²) in [6, 6.07) is 30.1. The average molecular weight is 1940 g/mol. The van der Waals surface area contributed by atoms with E-state index < -0.39 is 179 Å². The Labute approximate surface area is 811 Å².